The maximum Gasteiger partial charge on any atom is 0.242 e. The number of nitrogens with zero attached hydrogens (tertiary/aromatic N) is 1. The van der Waals surface area contributed by atoms with E-state index in [1.807, 2.05) is 24.3 Å². The van der Waals surface area contributed by atoms with Crippen LogP contribution in [-0.4, -0.2) is 35.1 Å². The van der Waals surface area contributed by atoms with E-state index in [2.05, 4.69) is 12.2 Å². The Morgan fingerprint density at radius 2 is 1.81 bits per heavy atom. The number of thioether (sulfide) groups is 1. The third-order valence-corrected chi connectivity index (χ3v) is 6.72. The van der Waals surface area contributed by atoms with Gasteiger partial charge in [0.1, 0.15) is 6.04 Å². The van der Waals surface area contributed by atoms with Crippen LogP contribution in [-0.2, 0) is 21.9 Å². The molecule has 0 radical (unpaired) electrons. The van der Waals surface area contributed by atoms with Gasteiger partial charge >= 0.3 is 0 Å². The molecule has 0 aliphatic rings. The van der Waals surface area contributed by atoms with Gasteiger partial charge in [0.15, 0.2) is 0 Å². The molecule has 0 bridgehead atoms. The highest BCUT2D eigenvalue weighted by molar-refractivity contribution is 7.99. The van der Waals surface area contributed by atoms with E-state index in [0.29, 0.717) is 27.4 Å². The Hall–Kier alpha value is -1.40. The Kier molecular flexibility index (Phi) is 11.0. The summed E-state index contributed by atoms with van der Waals surface area (Å²) in [6.07, 6.45) is 1.87. The Bertz CT molecular complexity index is 895. The van der Waals surface area contributed by atoms with Crippen LogP contribution in [0.15, 0.2) is 42.5 Å². The first-order valence-corrected chi connectivity index (χ1v) is 12.4. The fraction of sp³-hybridized carbons (Fsp3) is 0.391. The monoisotopic (exact) mass is 500 g/mol. The van der Waals surface area contributed by atoms with Crippen LogP contribution in [0.3, 0.4) is 0 Å². The summed E-state index contributed by atoms with van der Waals surface area (Å²) in [4.78, 5) is 27.3. The van der Waals surface area contributed by atoms with Crippen molar-refractivity contribution >= 4 is 58.4 Å². The molecule has 8 heteroatoms. The molecule has 2 rings (SSSR count). The summed E-state index contributed by atoms with van der Waals surface area (Å²) in [5.41, 5.74) is 1.71. The quantitative estimate of drug-likeness (QED) is 0.372. The van der Waals surface area contributed by atoms with Gasteiger partial charge in [0.25, 0.3) is 0 Å². The Morgan fingerprint density at radius 3 is 2.48 bits per heavy atom. The summed E-state index contributed by atoms with van der Waals surface area (Å²) in [6.45, 7) is 4.61. The summed E-state index contributed by atoms with van der Waals surface area (Å²) in [5.74, 6) is 0.519. The molecule has 168 valence electrons. The highest BCUT2D eigenvalue weighted by atomic mass is 35.5. The van der Waals surface area contributed by atoms with E-state index in [-0.39, 0.29) is 24.1 Å². The summed E-state index contributed by atoms with van der Waals surface area (Å²) in [5, 5.41) is 4.57. The molecule has 2 amide bonds. The molecule has 0 saturated heterocycles. The van der Waals surface area contributed by atoms with E-state index in [1.54, 1.807) is 30.0 Å². The molecular formula is C23H27Cl3N2O2S. The van der Waals surface area contributed by atoms with Crippen molar-refractivity contribution in [3.05, 3.63) is 68.7 Å². The van der Waals surface area contributed by atoms with Gasteiger partial charge in [-0.25, -0.2) is 0 Å². The van der Waals surface area contributed by atoms with Crippen molar-refractivity contribution in [3.63, 3.8) is 0 Å². The van der Waals surface area contributed by atoms with Gasteiger partial charge in [-0.05, 0) is 42.7 Å². The number of hydrogen-bond acceptors (Lipinski definition) is 3. The van der Waals surface area contributed by atoms with Crippen LogP contribution in [0.2, 0.25) is 15.1 Å². The molecule has 0 heterocycles. The molecule has 0 aliphatic heterocycles. The first-order chi connectivity index (χ1) is 14.8. The van der Waals surface area contributed by atoms with Crippen LogP contribution < -0.4 is 5.32 Å². The molecule has 0 fully saturated rings. The van der Waals surface area contributed by atoms with Gasteiger partial charge in [-0.1, -0.05) is 72.4 Å². The van der Waals surface area contributed by atoms with Gasteiger partial charge in [0.2, 0.25) is 11.8 Å². The molecule has 31 heavy (non-hydrogen) atoms. The van der Waals surface area contributed by atoms with Crippen molar-refractivity contribution in [2.45, 2.75) is 45.0 Å². The Morgan fingerprint density at radius 1 is 1.06 bits per heavy atom. The lowest BCUT2D eigenvalue weighted by molar-refractivity contribution is -0.138. The summed E-state index contributed by atoms with van der Waals surface area (Å²) < 4.78 is 0. The minimum Gasteiger partial charge on any atom is -0.354 e. The summed E-state index contributed by atoms with van der Waals surface area (Å²) in [6, 6.07) is 12.1. The van der Waals surface area contributed by atoms with Gasteiger partial charge in [-0.15, -0.1) is 11.8 Å². The van der Waals surface area contributed by atoms with Crippen molar-refractivity contribution in [1.29, 1.82) is 0 Å². The molecule has 0 aromatic heterocycles. The van der Waals surface area contributed by atoms with E-state index < -0.39 is 6.04 Å². The van der Waals surface area contributed by atoms with Crippen molar-refractivity contribution < 1.29 is 9.59 Å². The van der Waals surface area contributed by atoms with Gasteiger partial charge < -0.3 is 10.2 Å². The maximum atomic E-state index is 13.1. The molecule has 1 unspecified atom stereocenters. The molecule has 2 aromatic rings. The maximum absolute atomic E-state index is 13.1. The minimum absolute atomic E-state index is 0.138. The zero-order valence-electron chi connectivity index (χ0n) is 17.7. The molecular weight excluding hydrogens is 475 g/mol. The first-order valence-electron chi connectivity index (χ1n) is 10.2. The highest BCUT2D eigenvalue weighted by Crippen LogP contribution is 2.25. The molecule has 0 aliphatic carbocycles. The summed E-state index contributed by atoms with van der Waals surface area (Å²) >= 11 is 20.0. The third kappa shape index (κ3) is 8.23. The Balaban J connectivity index is 2.10. The lowest BCUT2D eigenvalue weighted by Crippen LogP contribution is -2.48. The van der Waals surface area contributed by atoms with E-state index in [0.717, 1.165) is 24.0 Å². The number of carbonyl (C=O) groups is 2. The zero-order valence-corrected chi connectivity index (χ0v) is 20.8. The van der Waals surface area contributed by atoms with Crippen LogP contribution in [0.5, 0.6) is 0 Å². The fourth-order valence-electron chi connectivity index (χ4n) is 2.90. The second-order valence-corrected chi connectivity index (χ2v) is 9.40. The van der Waals surface area contributed by atoms with Crippen molar-refractivity contribution in [2.24, 2.45) is 0 Å². The smallest absolute Gasteiger partial charge is 0.242 e. The van der Waals surface area contributed by atoms with E-state index in [1.165, 1.54) is 11.8 Å². The van der Waals surface area contributed by atoms with E-state index in [4.69, 9.17) is 34.8 Å². The summed E-state index contributed by atoms with van der Waals surface area (Å²) in [7, 11) is 0. The lowest BCUT2D eigenvalue weighted by Gasteiger charge is -2.29. The van der Waals surface area contributed by atoms with Crippen LogP contribution in [0.4, 0.5) is 0 Å². The standard InChI is InChI=1S/C23H27Cl3N2O2S/c1-3-4-11-27-23(30)16(2)28(13-17-9-10-19(24)12-21(17)26)22(29)15-31-14-18-7-5-6-8-20(18)25/h5-10,12,16H,3-4,11,13-15H2,1-2H3,(H,27,30). The van der Waals surface area contributed by atoms with Gasteiger partial charge in [0.05, 0.1) is 5.75 Å². The van der Waals surface area contributed by atoms with E-state index in [9.17, 15) is 9.59 Å². The number of amides is 2. The minimum atomic E-state index is -0.628. The van der Waals surface area contributed by atoms with Crippen LogP contribution in [0, 0.1) is 0 Å². The topological polar surface area (TPSA) is 49.4 Å². The normalized spacial score (nSPS) is 11.8. The SMILES string of the molecule is CCCCNC(=O)C(C)N(Cc1ccc(Cl)cc1Cl)C(=O)CSCc1ccccc1Cl. The fourth-order valence-corrected chi connectivity index (χ4v) is 4.56. The number of rotatable bonds is 11. The second kappa shape index (κ2) is 13.2. The molecule has 0 saturated carbocycles. The third-order valence-electron chi connectivity index (χ3n) is 4.79. The largest absolute Gasteiger partial charge is 0.354 e. The molecule has 1 N–H and O–H groups in total. The predicted octanol–water partition coefficient (Wildman–Crippen LogP) is 6.21. The van der Waals surface area contributed by atoms with Gasteiger partial charge in [0, 0.05) is 33.9 Å². The highest BCUT2D eigenvalue weighted by Gasteiger charge is 2.26. The number of hydrogen-bond donors (Lipinski definition) is 1. The van der Waals surface area contributed by atoms with Gasteiger partial charge in [-0.2, -0.15) is 0 Å². The number of carbonyl (C=O) groups excluding carboxylic acids is 2. The number of nitrogens with one attached hydrogen (secondary N) is 1. The van der Waals surface area contributed by atoms with Crippen molar-refractivity contribution in [3.8, 4) is 0 Å². The first kappa shape index (κ1) is 25.9. The lowest BCUT2D eigenvalue weighted by atomic mass is 10.1. The zero-order chi connectivity index (χ0) is 22.8. The molecule has 2 aromatic carbocycles. The van der Waals surface area contributed by atoms with Crippen LogP contribution in [0.25, 0.3) is 0 Å². The second-order valence-electron chi connectivity index (χ2n) is 7.16. The number of halogens is 3. The predicted molar refractivity (Wildman–Crippen MR) is 132 cm³/mol. The Labute approximate surface area is 203 Å². The van der Waals surface area contributed by atoms with E-state index >= 15 is 0 Å². The molecule has 1 atom stereocenters. The molecule has 0 spiro atoms. The van der Waals surface area contributed by atoms with Crippen LogP contribution in [0.1, 0.15) is 37.8 Å². The number of benzene rings is 2. The van der Waals surface area contributed by atoms with Gasteiger partial charge in [-0.3, -0.25) is 9.59 Å². The average Bonchev–Trinajstić information content (AvgIpc) is 2.74. The van der Waals surface area contributed by atoms with Crippen LogP contribution >= 0.6 is 46.6 Å². The number of unbranched alkanes of at least 4 members (excludes halogenated alkanes) is 1. The average molecular weight is 502 g/mol. The van der Waals surface area contributed by atoms with Crippen molar-refractivity contribution in [2.75, 3.05) is 12.3 Å². The van der Waals surface area contributed by atoms with Crippen molar-refractivity contribution in [1.82, 2.24) is 10.2 Å². The molecule has 4 nitrogen and oxygen atoms in total.